The first-order chi connectivity index (χ1) is 16.6. The largest absolute Gasteiger partial charge is 1.00 e. The number of carbonyl (C=O) groups is 2. The fourth-order valence-electron chi connectivity index (χ4n) is 5.41. The second-order valence-corrected chi connectivity index (χ2v) is 10.5. The number of para-hydroxylation sites is 1. The van der Waals surface area contributed by atoms with Crippen LogP contribution in [-0.4, -0.2) is 54.6 Å². The summed E-state index contributed by atoms with van der Waals surface area (Å²) in [6.07, 6.45) is 2.43. The average molecular weight is 511 g/mol. The summed E-state index contributed by atoms with van der Waals surface area (Å²) in [6, 6.07) is 23.2. The predicted octanol–water partition coefficient (Wildman–Crippen LogP) is 1.81. The molecule has 3 aromatic rings. The Labute approximate surface area is 217 Å². The highest BCUT2D eigenvalue weighted by molar-refractivity contribution is 7.12. The van der Waals surface area contributed by atoms with Crippen LogP contribution >= 0.6 is 11.3 Å². The molecule has 6 rings (SSSR count). The van der Waals surface area contributed by atoms with Crippen LogP contribution in [-0.2, 0) is 16.0 Å². The average Bonchev–Trinajstić information content (AvgIpc) is 3.41. The molecular formula is C28H31ClN2O3S. The third-order valence-electron chi connectivity index (χ3n) is 7.27. The number of hydrogen-bond donors (Lipinski definition) is 1. The van der Waals surface area contributed by atoms with Gasteiger partial charge in [0.15, 0.2) is 6.10 Å². The normalized spacial score (nSPS) is 23.7. The number of piperidine rings is 3. The van der Waals surface area contributed by atoms with Crippen LogP contribution in [0.4, 0.5) is 5.69 Å². The zero-order valence-electron chi connectivity index (χ0n) is 19.6. The van der Waals surface area contributed by atoms with Crippen LogP contribution in [0.3, 0.4) is 0 Å². The molecule has 2 atom stereocenters. The Morgan fingerprint density at radius 2 is 1.66 bits per heavy atom. The van der Waals surface area contributed by atoms with Crippen molar-refractivity contribution in [2.24, 2.45) is 5.92 Å². The molecule has 3 aliphatic rings. The number of esters is 1. The summed E-state index contributed by atoms with van der Waals surface area (Å²) in [7, 11) is 0. The smallest absolute Gasteiger partial charge is 0.329 e. The number of rotatable bonds is 9. The Balaban J connectivity index is 0.00000289. The number of anilines is 1. The Hall–Kier alpha value is -2.67. The Morgan fingerprint density at radius 3 is 2.31 bits per heavy atom. The van der Waals surface area contributed by atoms with Crippen molar-refractivity contribution in [3.8, 4) is 0 Å². The van der Waals surface area contributed by atoms with Crippen molar-refractivity contribution in [2.45, 2.75) is 31.4 Å². The molecule has 2 aromatic carbocycles. The molecule has 2 unspecified atom stereocenters. The van der Waals surface area contributed by atoms with Crippen molar-refractivity contribution in [3.05, 3.63) is 88.6 Å². The number of nitrogens with one attached hydrogen (secondary N) is 1. The molecule has 3 aliphatic heterocycles. The third-order valence-corrected chi connectivity index (χ3v) is 8.18. The van der Waals surface area contributed by atoms with E-state index in [1.165, 1.54) is 11.3 Å². The molecule has 0 spiro atoms. The van der Waals surface area contributed by atoms with E-state index >= 15 is 0 Å². The van der Waals surface area contributed by atoms with E-state index in [4.69, 9.17) is 4.74 Å². The van der Waals surface area contributed by atoms with Crippen molar-refractivity contribution in [3.63, 3.8) is 0 Å². The van der Waals surface area contributed by atoms with Crippen LogP contribution in [0.15, 0.2) is 78.2 Å². The number of thiophene rings is 1. The van der Waals surface area contributed by atoms with Gasteiger partial charge in [0.2, 0.25) is 5.78 Å². The van der Waals surface area contributed by atoms with E-state index < -0.39 is 6.04 Å². The van der Waals surface area contributed by atoms with Crippen LogP contribution in [0.2, 0.25) is 0 Å². The van der Waals surface area contributed by atoms with E-state index in [1.807, 2.05) is 78.2 Å². The van der Waals surface area contributed by atoms with Gasteiger partial charge in [0, 0.05) is 30.9 Å². The van der Waals surface area contributed by atoms with Gasteiger partial charge in [0.1, 0.15) is 19.1 Å². The van der Waals surface area contributed by atoms with E-state index in [0.29, 0.717) is 18.9 Å². The first kappa shape index (κ1) is 25.4. The zero-order valence-corrected chi connectivity index (χ0v) is 21.2. The number of nitrogens with zero attached hydrogens (tertiary/aromatic N) is 1. The predicted molar refractivity (Wildman–Crippen MR) is 135 cm³/mol. The molecule has 35 heavy (non-hydrogen) atoms. The number of hydrogen-bond acceptors (Lipinski definition) is 5. The minimum atomic E-state index is -0.471. The minimum Gasteiger partial charge on any atom is -1.00 e. The van der Waals surface area contributed by atoms with Crippen molar-refractivity contribution in [2.75, 3.05) is 31.5 Å². The van der Waals surface area contributed by atoms with Gasteiger partial charge >= 0.3 is 5.97 Å². The molecule has 0 aliphatic carbocycles. The van der Waals surface area contributed by atoms with Crippen molar-refractivity contribution >= 4 is 28.8 Å². The number of fused-ring (bicyclic) bond motifs is 3. The lowest BCUT2D eigenvalue weighted by atomic mass is 9.83. The van der Waals surface area contributed by atoms with Gasteiger partial charge in [0.05, 0.1) is 18.0 Å². The van der Waals surface area contributed by atoms with E-state index in [0.717, 1.165) is 53.1 Å². The van der Waals surface area contributed by atoms with Gasteiger partial charge in [0.25, 0.3) is 0 Å². The number of quaternary nitrogens is 1. The molecule has 184 valence electrons. The van der Waals surface area contributed by atoms with E-state index in [2.05, 4.69) is 5.32 Å². The van der Waals surface area contributed by atoms with Crippen LogP contribution in [0.25, 0.3) is 0 Å². The number of carbonyl (C=O) groups excluding carboxylic acids is 2. The lowest BCUT2D eigenvalue weighted by Gasteiger charge is -2.51. The number of benzene rings is 2. The highest BCUT2D eigenvalue weighted by Gasteiger charge is 2.49. The fourth-order valence-corrected chi connectivity index (χ4v) is 6.06. The first-order valence-electron chi connectivity index (χ1n) is 12.1. The Bertz CT molecular complexity index is 1060. The second-order valence-electron chi connectivity index (χ2n) is 9.60. The monoisotopic (exact) mass is 510 g/mol. The summed E-state index contributed by atoms with van der Waals surface area (Å²) in [4.78, 5) is 27.2. The maximum atomic E-state index is 13.5. The Kier molecular flexibility index (Phi) is 8.26. The van der Waals surface area contributed by atoms with Gasteiger partial charge in [-0.3, -0.25) is 4.79 Å². The zero-order chi connectivity index (χ0) is 23.4. The molecule has 0 saturated carbocycles. The lowest BCUT2D eigenvalue weighted by Crippen LogP contribution is -3.00. The van der Waals surface area contributed by atoms with Crippen LogP contribution in [0.1, 0.15) is 28.1 Å². The standard InChI is InChI=1S/C28H31N2O3S.ClH/c31-25(27-12-7-17-34-27)19-30-15-13-22(14-16-30)26(20-30)33-28(32)24(18-21-8-3-1-4-9-21)29-23-10-5-2-6-11-23;/h1-12,17,22,24,26,29H,13-16,18-20H2;1H/q+1;/p-1. The Morgan fingerprint density at radius 1 is 0.971 bits per heavy atom. The van der Waals surface area contributed by atoms with Crippen molar-refractivity contribution in [1.82, 2.24) is 0 Å². The number of halogens is 1. The molecular weight excluding hydrogens is 480 g/mol. The van der Waals surface area contributed by atoms with Gasteiger partial charge in [-0.25, -0.2) is 4.79 Å². The van der Waals surface area contributed by atoms with Crippen LogP contribution < -0.4 is 17.7 Å². The van der Waals surface area contributed by atoms with Gasteiger partial charge in [-0.2, -0.15) is 0 Å². The minimum absolute atomic E-state index is 0. The second kappa shape index (κ2) is 11.4. The molecule has 3 saturated heterocycles. The van der Waals surface area contributed by atoms with E-state index in [1.54, 1.807) is 0 Å². The topological polar surface area (TPSA) is 55.4 Å². The van der Waals surface area contributed by atoms with Gasteiger partial charge in [-0.1, -0.05) is 54.6 Å². The van der Waals surface area contributed by atoms with Gasteiger partial charge < -0.3 is 26.9 Å². The number of ether oxygens (including phenoxy) is 1. The molecule has 0 amide bonds. The van der Waals surface area contributed by atoms with Gasteiger partial charge in [-0.05, 0) is 29.1 Å². The summed E-state index contributed by atoms with van der Waals surface area (Å²) in [6.45, 7) is 3.21. The molecule has 5 nitrogen and oxygen atoms in total. The molecule has 4 heterocycles. The molecule has 7 heteroatoms. The molecule has 1 N–H and O–H groups in total. The highest BCUT2D eigenvalue weighted by atomic mass is 35.5. The quantitative estimate of drug-likeness (QED) is 0.271. The lowest BCUT2D eigenvalue weighted by molar-refractivity contribution is -0.938. The number of ketones is 1. The fraction of sp³-hybridized carbons (Fsp3) is 0.357. The molecule has 0 radical (unpaired) electrons. The van der Waals surface area contributed by atoms with E-state index in [-0.39, 0.29) is 30.3 Å². The number of Topliss-reactive ketones (excluding diaryl/α,β-unsaturated/α-hetero) is 1. The van der Waals surface area contributed by atoms with Crippen molar-refractivity contribution < 1.29 is 31.2 Å². The van der Waals surface area contributed by atoms with Crippen LogP contribution in [0, 0.1) is 5.92 Å². The summed E-state index contributed by atoms with van der Waals surface area (Å²) in [5.41, 5.74) is 1.99. The molecule has 1 aromatic heterocycles. The SMILES string of the molecule is O=C(C[N+]12CCC(CC1)C(OC(=O)C(Cc1ccccc1)Nc1ccccc1)C2)c1cccs1.[Cl-]. The molecule has 2 bridgehead atoms. The summed E-state index contributed by atoms with van der Waals surface area (Å²) < 4.78 is 6.94. The first-order valence-corrected chi connectivity index (χ1v) is 13.0. The summed E-state index contributed by atoms with van der Waals surface area (Å²) in [5, 5.41) is 5.34. The summed E-state index contributed by atoms with van der Waals surface area (Å²) >= 11 is 1.51. The van der Waals surface area contributed by atoms with Crippen LogP contribution in [0.5, 0.6) is 0 Å². The summed E-state index contributed by atoms with van der Waals surface area (Å²) in [5.74, 6) is 0.372. The van der Waals surface area contributed by atoms with Crippen molar-refractivity contribution in [1.29, 1.82) is 0 Å². The van der Waals surface area contributed by atoms with Gasteiger partial charge in [-0.15, -0.1) is 11.3 Å². The highest BCUT2D eigenvalue weighted by Crippen LogP contribution is 2.36. The maximum absolute atomic E-state index is 13.5. The molecule has 3 fully saturated rings. The van der Waals surface area contributed by atoms with E-state index in [9.17, 15) is 9.59 Å². The third kappa shape index (κ3) is 6.13. The maximum Gasteiger partial charge on any atom is 0.329 e.